The molecule has 0 unspecified atom stereocenters. The second kappa shape index (κ2) is 7.64. The van der Waals surface area contributed by atoms with Crippen molar-refractivity contribution in [1.82, 2.24) is 15.5 Å². The van der Waals surface area contributed by atoms with Crippen LogP contribution < -0.4 is 10.6 Å². The van der Waals surface area contributed by atoms with E-state index in [-0.39, 0.29) is 19.0 Å². The van der Waals surface area contributed by atoms with Crippen LogP contribution in [0.1, 0.15) is 6.92 Å². The van der Waals surface area contributed by atoms with Gasteiger partial charge in [-0.05, 0) is 30.7 Å². The highest BCUT2D eigenvalue weighted by atomic mass is 19.1. The Labute approximate surface area is 148 Å². The van der Waals surface area contributed by atoms with Crippen molar-refractivity contribution in [2.75, 3.05) is 18.5 Å². The summed E-state index contributed by atoms with van der Waals surface area (Å²) < 4.78 is 18.7. The summed E-state index contributed by atoms with van der Waals surface area (Å²) in [4.78, 5) is 23.1. The number of fused-ring (bicyclic) bond motifs is 1. The number of nitrogens with one attached hydrogen (secondary N) is 3. The first-order valence-electron chi connectivity index (χ1n) is 8.02. The van der Waals surface area contributed by atoms with Crippen molar-refractivity contribution in [3.63, 3.8) is 0 Å². The summed E-state index contributed by atoms with van der Waals surface area (Å²) in [5, 5.41) is 12.5. The first-order chi connectivity index (χ1) is 12.6. The van der Waals surface area contributed by atoms with Crippen molar-refractivity contribution >= 4 is 28.7 Å². The lowest BCUT2D eigenvalue weighted by Gasteiger charge is -2.06. The number of esters is 1. The van der Waals surface area contributed by atoms with E-state index in [2.05, 4.69) is 20.8 Å². The quantitative estimate of drug-likeness (QED) is 0.612. The number of urea groups is 1. The van der Waals surface area contributed by atoms with Gasteiger partial charge in [-0.3, -0.25) is 15.2 Å². The predicted molar refractivity (Wildman–Crippen MR) is 95.1 cm³/mol. The van der Waals surface area contributed by atoms with Crippen LogP contribution >= 0.6 is 0 Å². The lowest BCUT2D eigenvalue weighted by molar-refractivity contribution is -0.141. The Morgan fingerprint density at radius 3 is 2.81 bits per heavy atom. The molecule has 2 aromatic carbocycles. The Morgan fingerprint density at radius 1 is 1.23 bits per heavy atom. The van der Waals surface area contributed by atoms with Crippen LogP contribution in [0.15, 0.2) is 42.5 Å². The van der Waals surface area contributed by atoms with Crippen molar-refractivity contribution in [3.8, 4) is 11.1 Å². The van der Waals surface area contributed by atoms with Crippen LogP contribution in [0, 0.1) is 5.82 Å². The van der Waals surface area contributed by atoms with Crippen LogP contribution in [0.3, 0.4) is 0 Å². The van der Waals surface area contributed by atoms with Crippen molar-refractivity contribution in [3.05, 3.63) is 48.3 Å². The molecule has 0 saturated heterocycles. The van der Waals surface area contributed by atoms with Gasteiger partial charge < -0.3 is 10.1 Å². The molecule has 0 fully saturated rings. The lowest BCUT2D eigenvalue weighted by Crippen LogP contribution is -2.34. The average molecular weight is 356 g/mol. The maximum absolute atomic E-state index is 13.9. The van der Waals surface area contributed by atoms with E-state index in [1.54, 1.807) is 43.3 Å². The van der Waals surface area contributed by atoms with Gasteiger partial charge in [0.2, 0.25) is 0 Å². The van der Waals surface area contributed by atoms with Crippen LogP contribution in [-0.2, 0) is 9.53 Å². The molecule has 8 heteroatoms. The predicted octanol–water partition coefficient (Wildman–Crippen LogP) is 3.05. The van der Waals surface area contributed by atoms with Crippen molar-refractivity contribution in [2.45, 2.75) is 6.92 Å². The minimum Gasteiger partial charge on any atom is -0.465 e. The molecule has 0 aliphatic rings. The highest BCUT2D eigenvalue weighted by Crippen LogP contribution is 2.28. The fourth-order valence-corrected chi connectivity index (χ4v) is 2.49. The Morgan fingerprint density at radius 2 is 2.04 bits per heavy atom. The highest BCUT2D eigenvalue weighted by Gasteiger charge is 2.12. The van der Waals surface area contributed by atoms with E-state index < -0.39 is 12.0 Å². The summed E-state index contributed by atoms with van der Waals surface area (Å²) in [6.07, 6.45) is 0. The van der Waals surface area contributed by atoms with E-state index >= 15 is 0 Å². The van der Waals surface area contributed by atoms with Crippen LogP contribution in [-0.4, -0.2) is 35.3 Å². The third kappa shape index (κ3) is 3.80. The second-order valence-corrected chi connectivity index (χ2v) is 5.43. The van der Waals surface area contributed by atoms with Crippen molar-refractivity contribution < 1.29 is 18.7 Å². The van der Waals surface area contributed by atoms with Gasteiger partial charge in [-0.15, -0.1) is 0 Å². The molecule has 1 heterocycles. The minimum absolute atomic E-state index is 0.237. The Kier molecular flexibility index (Phi) is 5.12. The van der Waals surface area contributed by atoms with Gasteiger partial charge in [-0.1, -0.05) is 24.3 Å². The maximum Gasteiger partial charge on any atom is 0.325 e. The molecule has 1 aromatic heterocycles. The fraction of sp³-hybridized carbons (Fsp3) is 0.167. The van der Waals surface area contributed by atoms with Gasteiger partial charge in [-0.2, -0.15) is 5.10 Å². The zero-order valence-electron chi connectivity index (χ0n) is 14.0. The summed E-state index contributed by atoms with van der Waals surface area (Å²) >= 11 is 0. The van der Waals surface area contributed by atoms with Gasteiger partial charge in [0.15, 0.2) is 5.82 Å². The molecule has 0 aliphatic heterocycles. The SMILES string of the molecule is CCOC(=O)CNC(=O)Nc1n[nH]c2cc(-c3ccccc3F)ccc12. The minimum atomic E-state index is -0.579. The number of hydrogen-bond donors (Lipinski definition) is 3. The Balaban J connectivity index is 1.74. The lowest BCUT2D eigenvalue weighted by atomic mass is 10.0. The largest absolute Gasteiger partial charge is 0.465 e. The Hall–Kier alpha value is -3.42. The van der Waals surface area contributed by atoms with Crippen LogP contribution in [0.5, 0.6) is 0 Å². The van der Waals surface area contributed by atoms with E-state index in [1.165, 1.54) is 6.07 Å². The molecule has 134 valence electrons. The maximum atomic E-state index is 13.9. The van der Waals surface area contributed by atoms with Crippen LogP contribution in [0.2, 0.25) is 0 Å². The molecule has 3 rings (SSSR count). The molecule has 0 atom stereocenters. The number of rotatable bonds is 5. The number of ether oxygens (including phenoxy) is 1. The molecule has 0 saturated carbocycles. The number of aromatic amines is 1. The van der Waals surface area contributed by atoms with E-state index in [0.717, 1.165) is 0 Å². The second-order valence-electron chi connectivity index (χ2n) is 5.43. The third-order valence-corrected chi connectivity index (χ3v) is 3.68. The van der Waals surface area contributed by atoms with E-state index in [0.29, 0.717) is 27.8 Å². The van der Waals surface area contributed by atoms with Gasteiger partial charge in [0.25, 0.3) is 0 Å². The fourth-order valence-electron chi connectivity index (χ4n) is 2.49. The van der Waals surface area contributed by atoms with Crippen LogP contribution in [0.4, 0.5) is 15.0 Å². The van der Waals surface area contributed by atoms with Crippen molar-refractivity contribution in [1.29, 1.82) is 0 Å². The molecule has 3 N–H and O–H groups in total. The third-order valence-electron chi connectivity index (χ3n) is 3.68. The van der Waals surface area contributed by atoms with E-state index in [1.807, 2.05) is 0 Å². The highest BCUT2D eigenvalue weighted by molar-refractivity contribution is 6.00. The summed E-state index contributed by atoms with van der Waals surface area (Å²) in [7, 11) is 0. The zero-order valence-corrected chi connectivity index (χ0v) is 14.0. The van der Waals surface area contributed by atoms with Crippen LogP contribution in [0.25, 0.3) is 22.0 Å². The molecule has 0 radical (unpaired) electrons. The molecule has 0 bridgehead atoms. The topological polar surface area (TPSA) is 96.1 Å². The summed E-state index contributed by atoms with van der Waals surface area (Å²) in [5.74, 6) is -0.534. The Bertz CT molecular complexity index is 955. The number of aromatic nitrogens is 2. The molecule has 0 spiro atoms. The molecule has 0 aliphatic carbocycles. The first-order valence-corrected chi connectivity index (χ1v) is 8.02. The number of H-pyrrole nitrogens is 1. The standard InChI is InChI=1S/C18H17FN4O3/c1-2-26-16(24)10-20-18(25)21-17-13-8-7-11(9-15(13)22-23-17)12-5-3-4-6-14(12)19/h3-9H,2,10H2,1H3,(H3,20,21,22,23,25). The van der Waals surface area contributed by atoms with Gasteiger partial charge in [0.05, 0.1) is 12.1 Å². The van der Waals surface area contributed by atoms with E-state index in [9.17, 15) is 14.0 Å². The monoisotopic (exact) mass is 356 g/mol. The normalized spacial score (nSPS) is 10.5. The summed E-state index contributed by atoms with van der Waals surface area (Å²) in [6, 6.07) is 11.1. The van der Waals surface area contributed by atoms with Gasteiger partial charge in [0.1, 0.15) is 12.4 Å². The molecule has 26 heavy (non-hydrogen) atoms. The molecule has 2 amide bonds. The molecular formula is C18H17FN4O3. The number of carbonyl (C=O) groups excluding carboxylic acids is 2. The number of halogens is 1. The van der Waals surface area contributed by atoms with Gasteiger partial charge in [-0.25, -0.2) is 9.18 Å². The smallest absolute Gasteiger partial charge is 0.325 e. The number of benzene rings is 2. The molecular weight excluding hydrogens is 339 g/mol. The number of hydrogen-bond acceptors (Lipinski definition) is 4. The van der Waals surface area contributed by atoms with Crippen molar-refractivity contribution in [2.24, 2.45) is 0 Å². The first kappa shape index (κ1) is 17.4. The number of nitrogens with zero attached hydrogens (tertiary/aromatic N) is 1. The number of amides is 2. The van der Waals surface area contributed by atoms with E-state index in [4.69, 9.17) is 4.74 Å². The number of carbonyl (C=O) groups is 2. The number of anilines is 1. The zero-order chi connectivity index (χ0) is 18.5. The average Bonchev–Trinajstić information content (AvgIpc) is 3.03. The molecule has 3 aromatic rings. The molecule has 7 nitrogen and oxygen atoms in total. The van der Waals surface area contributed by atoms with Gasteiger partial charge >= 0.3 is 12.0 Å². The summed E-state index contributed by atoms with van der Waals surface area (Å²) in [6.45, 7) is 1.69. The summed E-state index contributed by atoms with van der Waals surface area (Å²) in [5.41, 5.74) is 1.81. The van der Waals surface area contributed by atoms with Gasteiger partial charge in [0, 0.05) is 10.9 Å².